The van der Waals surface area contributed by atoms with Crippen LogP contribution in [0.2, 0.25) is 0 Å². The third-order valence-electron chi connectivity index (χ3n) is 2.62. The van der Waals surface area contributed by atoms with Gasteiger partial charge in [0.05, 0.1) is 0 Å². The van der Waals surface area contributed by atoms with Crippen LogP contribution in [-0.4, -0.2) is 30.7 Å². The Labute approximate surface area is 98.6 Å². The van der Waals surface area contributed by atoms with Gasteiger partial charge in [0.15, 0.2) is 0 Å². The molecule has 0 saturated carbocycles. The number of nitrogens with two attached hydrogens (primary N) is 1. The van der Waals surface area contributed by atoms with Crippen molar-refractivity contribution < 1.29 is 9.90 Å². The Bertz CT molecular complexity index is 174. The number of hydrogen-bond acceptors (Lipinski definition) is 3. The first-order chi connectivity index (χ1) is 7.70. The summed E-state index contributed by atoms with van der Waals surface area (Å²) in [6.07, 6.45) is 5.47. The van der Waals surface area contributed by atoms with E-state index in [0.717, 1.165) is 38.6 Å². The van der Waals surface area contributed by atoms with Gasteiger partial charge in [0.2, 0.25) is 5.91 Å². The predicted octanol–water partition coefficient (Wildman–Crippen LogP) is 1.03. The van der Waals surface area contributed by atoms with Gasteiger partial charge in [-0.3, -0.25) is 4.79 Å². The summed E-state index contributed by atoms with van der Waals surface area (Å²) >= 11 is 0. The van der Waals surface area contributed by atoms with Gasteiger partial charge in [-0.05, 0) is 38.1 Å². The largest absolute Gasteiger partial charge is 0.396 e. The Balaban J connectivity index is 3.24. The van der Waals surface area contributed by atoms with E-state index in [9.17, 15) is 4.79 Å². The molecular weight excluding hydrogens is 204 g/mol. The van der Waals surface area contributed by atoms with Crippen molar-refractivity contribution in [2.75, 3.05) is 19.7 Å². The fraction of sp³-hybridized carbons (Fsp3) is 0.917. The molecule has 0 fully saturated rings. The third kappa shape index (κ3) is 9.93. The molecule has 0 rings (SSSR count). The first-order valence-corrected chi connectivity index (χ1v) is 6.28. The molecule has 0 bridgehead atoms. The zero-order valence-corrected chi connectivity index (χ0v) is 10.4. The molecule has 0 radical (unpaired) electrons. The summed E-state index contributed by atoms with van der Waals surface area (Å²) in [6, 6.07) is 0. The minimum atomic E-state index is 0.133. The first-order valence-electron chi connectivity index (χ1n) is 6.28. The first kappa shape index (κ1) is 15.4. The topological polar surface area (TPSA) is 75.3 Å². The van der Waals surface area contributed by atoms with Crippen LogP contribution in [0, 0.1) is 5.92 Å². The second-order valence-electron chi connectivity index (χ2n) is 4.38. The van der Waals surface area contributed by atoms with Crippen LogP contribution in [0.1, 0.15) is 45.4 Å². The van der Waals surface area contributed by atoms with E-state index in [2.05, 4.69) is 5.32 Å². The van der Waals surface area contributed by atoms with Gasteiger partial charge in [0.1, 0.15) is 0 Å². The fourth-order valence-electron chi connectivity index (χ4n) is 1.46. The molecule has 4 N–H and O–H groups in total. The monoisotopic (exact) mass is 230 g/mol. The summed E-state index contributed by atoms with van der Waals surface area (Å²) in [5.41, 5.74) is 5.36. The molecule has 0 aromatic rings. The Morgan fingerprint density at radius 1 is 1.31 bits per heavy atom. The maximum Gasteiger partial charge on any atom is 0.219 e. The number of unbranched alkanes of at least 4 members (excludes halogenated alkanes) is 2. The van der Waals surface area contributed by atoms with E-state index in [1.807, 2.05) is 6.92 Å². The number of carbonyl (C=O) groups is 1. The smallest absolute Gasteiger partial charge is 0.219 e. The number of rotatable bonds is 10. The van der Waals surface area contributed by atoms with Gasteiger partial charge >= 0.3 is 0 Å². The van der Waals surface area contributed by atoms with Crippen LogP contribution in [-0.2, 0) is 4.79 Å². The number of amides is 1. The second kappa shape index (κ2) is 10.9. The Kier molecular flexibility index (Phi) is 10.5. The Hall–Kier alpha value is -0.610. The molecule has 1 amide bonds. The number of nitrogens with one attached hydrogen (secondary N) is 1. The molecule has 0 saturated heterocycles. The minimum Gasteiger partial charge on any atom is -0.396 e. The van der Waals surface area contributed by atoms with Crippen molar-refractivity contribution >= 4 is 5.91 Å². The molecule has 0 heterocycles. The SMILES string of the molecule is CC(CO)CCCNC(=O)CCCCCN. The van der Waals surface area contributed by atoms with Crippen molar-refractivity contribution in [3.63, 3.8) is 0 Å². The molecule has 0 aromatic carbocycles. The molecule has 0 aliphatic rings. The molecular formula is C12H26N2O2. The molecule has 0 aromatic heterocycles. The summed E-state index contributed by atoms with van der Waals surface area (Å²) in [7, 11) is 0. The number of hydrogen-bond donors (Lipinski definition) is 3. The highest BCUT2D eigenvalue weighted by Gasteiger charge is 2.02. The van der Waals surface area contributed by atoms with Crippen molar-refractivity contribution in [1.29, 1.82) is 0 Å². The van der Waals surface area contributed by atoms with E-state index in [1.54, 1.807) is 0 Å². The predicted molar refractivity (Wildman–Crippen MR) is 66.0 cm³/mol. The highest BCUT2D eigenvalue weighted by atomic mass is 16.3. The van der Waals surface area contributed by atoms with Crippen LogP contribution in [0.4, 0.5) is 0 Å². The Morgan fingerprint density at radius 2 is 2.06 bits per heavy atom. The van der Waals surface area contributed by atoms with Crippen LogP contribution in [0.15, 0.2) is 0 Å². The molecule has 96 valence electrons. The van der Waals surface area contributed by atoms with Crippen LogP contribution < -0.4 is 11.1 Å². The van der Waals surface area contributed by atoms with E-state index in [-0.39, 0.29) is 12.5 Å². The van der Waals surface area contributed by atoms with E-state index in [1.165, 1.54) is 0 Å². The van der Waals surface area contributed by atoms with E-state index < -0.39 is 0 Å². The Morgan fingerprint density at radius 3 is 2.69 bits per heavy atom. The van der Waals surface area contributed by atoms with Gasteiger partial charge in [0, 0.05) is 19.6 Å². The molecule has 16 heavy (non-hydrogen) atoms. The van der Waals surface area contributed by atoms with Crippen molar-refractivity contribution in [1.82, 2.24) is 5.32 Å². The molecule has 4 nitrogen and oxygen atoms in total. The van der Waals surface area contributed by atoms with Crippen molar-refractivity contribution in [2.24, 2.45) is 11.7 Å². The van der Waals surface area contributed by atoms with Gasteiger partial charge in [0.25, 0.3) is 0 Å². The lowest BCUT2D eigenvalue weighted by Gasteiger charge is -2.08. The van der Waals surface area contributed by atoms with Crippen molar-refractivity contribution in [3.05, 3.63) is 0 Å². The van der Waals surface area contributed by atoms with Crippen LogP contribution in [0.3, 0.4) is 0 Å². The second-order valence-corrected chi connectivity index (χ2v) is 4.38. The van der Waals surface area contributed by atoms with Crippen LogP contribution >= 0.6 is 0 Å². The summed E-state index contributed by atoms with van der Waals surface area (Å²) in [4.78, 5) is 11.3. The average Bonchev–Trinajstić information content (AvgIpc) is 2.30. The zero-order chi connectivity index (χ0) is 12.2. The lowest BCUT2D eigenvalue weighted by Crippen LogP contribution is -2.24. The molecule has 0 aliphatic carbocycles. The van der Waals surface area contributed by atoms with Gasteiger partial charge in [-0.15, -0.1) is 0 Å². The standard InChI is InChI=1S/C12H26N2O2/c1-11(10-15)6-5-9-14-12(16)7-3-2-4-8-13/h11,15H,2-10,13H2,1H3,(H,14,16). The van der Waals surface area contributed by atoms with Gasteiger partial charge in [-0.2, -0.15) is 0 Å². The quantitative estimate of drug-likeness (QED) is 0.491. The van der Waals surface area contributed by atoms with Crippen LogP contribution in [0.25, 0.3) is 0 Å². The summed E-state index contributed by atoms with van der Waals surface area (Å²) in [6.45, 7) is 3.67. The number of aliphatic hydroxyl groups excluding tert-OH is 1. The van der Waals surface area contributed by atoms with Gasteiger partial charge in [-0.1, -0.05) is 13.3 Å². The lowest BCUT2D eigenvalue weighted by molar-refractivity contribution is -0.121. The molecule has 1 unspecified atom stereocenters. The molecule has 0 spiro atoms. The number of aliphatic hydroxyl groups is 1. The van der Waals surface area contributed by atoms with E-state index in [4.69, 9.17) is 10.8 Å². The third-order valence-corrected chi connectivity index (χ3v) is 2.62. The molecule has 1 atom stereocenters. The minimum absolute atomic E-state index is 0.133. The highest BCUT2D eigenvalue weighted by Crippen LogP contribution is 2.03. The van der Waals surface area contributed by atoms with Crippen molar-refractivity contribution in [3.8, 4) is 0 Å². The maximum atomic E-state index is 11.3. The lowest BCUT2D eigenvalue weighted by atomic mass is 10.1. The summed E-state index contributed by atoms with van der Waals surface area (Å²) < 4.78 is 0. The maximum absolute atomic E-state index is 11.3. The van der Waals surface area contributed by atoms with Crippen molar-refractivity contribution in [2.45, 2.75) is 45.4 Å². The summed E-state index contributed by atoms with van der Waals surface area (Å²) in [5.74, 6) is 0.468. The van der Waals surface area contributed by atoms with E-state index >= 15 is 0 Å². The zero-order valence-electron chi connectivity index (χ0n) is 10.4. The molecule has 4 heteroatoms. The van der Waals surface area contributed by atoms with Gasteiger partial charge < -0.3 is 16.2 Å². The molecule has 0 aliphatic heterocycles. The highest BCUT2D eigenvalue weighted by molar-refractivity contribution is 5.75. The fourth-order valence-corrected chi connectivity index (χ4v) is 1.46. The number of carbonyl (C=O) groups excluding carboxylic acids is 1. The summed E-state index contributed by atoms with van der Waals surface area (Å²) in [5, 5.41) is 11.7. The van der Waals surface area contributed by atoms with Crippen LogP contribution in [0.5, 0.6) is 0 Å². The van der Waals surface area contributed by atoms with Gasteiger partial charge in [-0.25, -0.2) is 0 Å². The average molecular weight is 230 g/mol. The normalized spacial score (nSPS) is 12.4. The van der Waals surface area contributed by atoms with E-state index in [0.29, 0.717) is 18.9 Å².